The smallest absolute Gasteiger partial charge is 0.182 e. The molecule has 0 aromatic heterocycles. The maximum atomic E-state index is 13.7. The number of rotatable bonds is 2. The van der Waals surface area contributed by atoms with E-state index in [1.165, 1.54) is 0 Å². The summed E-state index contributed by atoms with van der Waals surface area (Å²) in [5.74, 6) is 0.743. The van der Waals surface area contributed by atoms with Crippen LogP contribution in [0.3, 0.4) is 0 Å². The summed E-state index contributed by atoms with van der Waals surface area (Å²) in [6, 6.07) is 6.99. The minimum Gasteiger partial charge on any atom is -0.497 e. The molecule has 0 aliphatic carbocycles. The van der Waals surface area contributed by atoms with Gasteiger partial charge in [0.1, 0.15) is 5.75 Å². The number of halogens is 1. The summed E-state index contributed by atoms with van der Waals surface area (Å²) in [4.78, 5) is 0. The van der Waals surface area contributed by atoms with Crippen molar-refractivity contribution in [2.75, 3.05) is 20.3 Å². The van der Waals surface area contributed by atoms with Crippen molar-refractivity contribution in [2.24, 2.45) is 0 Å². The molecule has 2 rings (SSSR count). The van der Waals surface area contributed by atoms with Crippen molar-refractivity contribution in [2.45, 2.75) is 5.67 Å². The normalized spacial score (nSPS) is 19.2. The Labute approximate surface area is 76.3 Å². The Balaban J connectivity index is 2.22. The van der Waals surface area contributed by atoms with E-state index in [9.17, 15) is 4.39 Å². The van der Waals surface area contributed by atoms with E-state index in [0.29, 0.717) is 5.56 Å². The first kappa shape index (κ1) is 8.51. The predicted octanol–water partition coefficient (Wildman–Crippen LogP) is 1.89. The Kier molecular flexibility index (Phi) is 1.96. The lowest BCUT2D eigenvalue weighted by atomic mass is 9.94. The standard InChI is InChI=1S/C10H11FO2/c1-12-9-4-2-8(3-5-9)10(11)6-13-7-10/h2-5H,6-7H2,1H3. The van der Waals surface area contributed by atoms with Crippen molar-refractivity contribution in [3.8, 4) is 5.75 Å². The molecule has 0 bridgehead atoms. The highest BCUT2D eigenvalue weighted by atomic mass is 19.1. The van der Waals surface area contributed by atoms with Crippen molar-refractivity contribution in [3.63, 3.8) is 0 Å². The summed E-state index contributed by atoms with van der Waals surface area (Å²) in [6.45, 7) is 0.332. The zero-order valence-corrected chi connectivity index (χ0v) is 7.42. The summed E-state index contributed by atoms with van der Waals surface area (Å²) < 4.78 is 23.5. The van der Waals surface area contributed by atoms with Gasteiger partial charge in [0.25, 0.3) is 0 Å². The van der Waals surface area contributed by atoms with Gasteiger partial charge < -0.3 is 9.47 Å². The van der Waals surface area contributed by atoms with Crippen LogP contribution >= 0.6 is 0 Å². The van der Waals surface area contributed by atoms with Crippen molar-refractivity contribution >= 4 is 0 Å². The fourth-order valence-corrected chi connectivity index (χ4v) is 1.34. The van der Waals surface area contributed by atoms with Gasteiger partial charge in [0.05, 0.1) is 20.3 Å². The number of hydrogen-bond donors (Lipinski definition) is 0. The van der Waals surface area contributed by atoms with E-state index in [1.54, 1.807) is 31.4 Å². The van der Waals surface area contributed by atoms with Crippen LogP contribution < -0.4 is 4.74 Å². The highest BCUT2D eigenvalue weighted by molar-refractivity contribution is 5.32. The van der Waals surface area contributed by atoms with E-state index in [1.807, 2.05) is 0 Å². The largest absolute Gasteiger partial charge is 0.497 e. The number of benzene rings is 1. The molecule has 0 saturated carbocycles. The van der Waals surface area contributed by atoms with Crippen LogP contribution in [0.15, 0.2) is 24.3 Å². The van der Waals surface area contributed by atoms with E-state index < -0.39 is 5.67 Å². The summed E-state index contributed by atoms with van der Waals surface area (Å²) >= 11 is 0. The molecule has 0 atom stereocenters. The Bertz CT molecular complexity index is 290. The van der Waals surface area contributed by atoms with Crippen LogP contribution in [0.4, 0.5) is 4.39 Å². The van der Waals surface area contributed by atoms with Crippen LogP contribution in [0.1, 0.15) is 5.56 Å². The molecule has 1 aromatic carbocycles. The molecule has 0 radical (unpaired) electrons. The quantitative estimate of drug-likeness (QED) is 0.695. The zero-order chi connectivity index (χ0) is 9.31. The van der Waals surface area contributed by atoms with Crippen LogP contribution in [0, 0.1) is 0 Å². The van der Waals surface area contributed by atoms with E-state index in [4.69, 9.17) is 9.47 Å². The first-order valence-electron chi connectivity index (χ1n) is 4.16. The Morgan fingerprint density at radius 1 is 1.31 bits per heavy atom. The molecule has 0 unspecified atom stereocenters. The molecule has 0 spiro atoms. The summed E-state index contributed by atoms with van der Waals surface area (Å²) in [6.07, 6.45) is 0. The molecule has 2 nitrogen and oxygen atoms in total. The lowest BCUT2D eigenvalue weighted by Gasteiger charge is -2.34. The van der Waals surface area contributed by atoms with Crippen molar-refractivity contribution in [1.29, 1.82) is 0 Å². The Morgan fingerprint density at radius 3 is 2.31 bits per heavy atom. The van der Waals surface area contributed by atoms with Gasteiger partial charge in [-0.15, -0.1) is 0 Å². The Morgan fingerprint density at radius 2 is 1.92 bits per heavy atom. The monoisotopic (exact) mass is 182 g/mol. The number of hydrogen-bond acceptors (Lipinski definition) is 2. The van der Waals surface area contributed by atoms with Gasteiger partial charge in [-0.2, -0.15) is 0 Å². The predicted molar refractivity (Wildman–Crippen MR) is 46.6 cm³/mol. The molecule has 1 aliphatic rings. The van der Waals surface area contributed by atoms with E-state index >= 15 is 0 Å². The molecule has 13 heavy (non-hydrogen) atoms. The van der Waals surface area contributed by atoms with Crippen molar-refractivity contribution < 1.29 is 13.9 Å². The van der Waals surface area contributed by atoms with Gasteiger partial charge in [-0.25, -0.2) is 4.39 Å². The summed E-state index contributed by atoms with van der Waals surface area (Å²) in [7, 11) is 1.59. The number of alkyl halides is 1. The third kappa shape index (κ3) is 1.40. The minimum absolute atomic E-state index is 0.166. The highest BCUT2D eigenvalue weighted by Gasteiger charge is 2.40. The number of methoxy groups -OCH3 is 1. The first-order chi connectivity index (χ1) is 6.24. The average Bonchev–Trinajstić information content (AvgIpc) is 2.14. The second-order valence-electron chi connectivity index (χ2n) is 3.19. The lowest BCUT2D eigenvalue weighted by molar-refractivity contribution is -0.135. The van der Waals surface area contributed by atoms with Gasteiger partial charge in [0.15, 0.2) is 5.67 Å². The van der Waals surface area contributed by atoms with Gasteiger partial charge in [0.2, 0.25) is 0 Å². The fraction of sp³-hybridized carbons (Fsp3) is 0.400. The van der Waals surface area contributed by atoms with Crippen LogP contribution in [-0.2, 0) is 10.4 Å². The van der Waals surface area contributed by atoms with E-state index in [-0.39, 0.29) is 13.2 Å². The van der Waals surface area contributed by atoms with Crippen LogP contribution in [-0.4, -0.2) is 20.3 Å². The third-order valence-corrected chi connectivity index (χ3v) is 2.27. The van der Waals surface area contributed by atoms with Gasteiger partial charge >= 0.3 is 0 Å². The molecule has 1 aliphatic heterocycles. The Hall–Kier alpha value is -1.09. The van der Waals surface area contributed by atoms with Crippen LogP contribution in [0.2, 0.25) is 0 Å². The fourth-order valence-electron chi connectivity index (χ4n) is 1.34. The van der Waals surface area contributed by atoms with Gasteiger partial charge in [-0.1, -0.05) is 12.1 Å². The van der Waals surface area contributed by atoms with Crippen molar-refractivity contribution in [3.05, 3.63) is 29.8 Å². The second kappa shape index (κ2) is 3.00. The average molecular weight is 182 g/mol. The van der Waals surface area contributed by atoms with E-state index in [0.717, 1.165) is 5.75 Å². The lowest BCUT2D eigenvalue weighted by Crippen LogP contribution is -2.42. The molecular weight excluding hydrogens is 171 g/mol. The molecule has 0 amide bonds. The van der Waals surface area contributed by atoms with Crippen LogP contribution in [0.5, 0.6) is 5.75 Å². The molecule has 0 N–H and O–H groups in total. The van der Waals surface area contributed by atoms with Crippen LogP contribution in [0.25, 0.3) is 0 Å². The molecule has 1 fully saturated rings. The van der Waals surface area contributed by atoms with Crippen molar-refractivity contribution in [1.82, 2.24) is 0 Å². The molecular formula is C10H11FO2. The summed E-state index contributed by atoms with van der Waals surface area (Å²) in [5.41, 5.74) is -0.605. The zero-order valence-electron chi connectivity index (χ0n) is 7.42. The minimum atomic E-state index is -1.27. The maximum absolute atomic E-state index is 13.7. The highest BCUT2D eigenvalue weighted by Crippen LogP contribution is 2.34. The SMILES string of the molecule is COc1ccc(C2(F)COC2)cc1. The molecule has 1 aromatic rings. The van der Waals surface area contributed by atoms with Gasteiger partial charge in [-0.3, -0.25) is 0 Å². The molecule has 3 heteroatoms. The molecule has 1 heterocycles. The molecule has 1 saturated heterocycles. The number of ether oxygens (including phenoxy) is 2. The second-order valence-corrected chi connectivity index (χ2v) is 3.19. The first-order valence-corrected chi connectivity index (χ1v) is 4.16. The summed E-state index contributed by atoms with van der Waals surface area (Å²) in [5, 5.41) is 0. The topological polar surface area (TPSA) is 18.5 Å². The maximum Gasteiger partial charge on any atom is 0.182 e. The van der Waals surface area contributed by atoms with E-state index in [2.05, 4.69) is 0 Å². The van der Waals surface area contributed by atoms with Gasteiger partial charge in [-0.05, 0) is 17.7 Å². The van der Waals surface area contributed by atoms with Gasteiger partial charge in [0, 0.05) is 0 Å². The third-order valence-electron chi connectivity index (χ3n) is 2.27. The molecule has 70 valence electrons.